The molecular weight excluding hydrogens is 597 g/mol. The van der Waals surface area contributed by atoms with Crippen molar-refractivity contribution >= 4 is 27.9 Å². The number of pyridine rings is 3. The Morgan fingerprint density at radius 1 is 0.755 bits per heavy atom. The molecule has 7 rings (SSSR count). The highest BCUT2D eigenvalue weighted by molar-refractivity contribution is 5.88. The molecule has 1 aliphatic heterocycles. The van der Waals surface area contributed by atoms with Crippen LogP contribution in [0.15, 0.2) is 134 Å². The lowest BCUT2D eigenvalue weighted by Crippen LogP contribution is -2.32. The first-order chi connectivity index (χ1) is 23.8. The average molecular weight is 641 g/mol. The van der Waals surface area contributed by atoms with Crippen LogP contribution < -0.4 is 15.8 Å². The molecular formula is C45H44N4. The Labute approximate surface area is 290 Å². The topological polar surface area (TPSA) is 50.7 Å². The van der Waals surface area contributed by atoms with Crippen molar-refractivity contribution in [3.05, 3.63) is 167 Å². The highest BCUT2D eigenvalue weighted by Crippen LogP contribution is 2.34. The van der Waals surface area contributed by atoms with Crippen molar-refractivity contribution in [3.8, 4) is 22.3 Å². The minimum absolute atomic E-state index is 0.352. The standard InChI is InChI=1S/C39H37N3.C6H7N/c1-6-26(4)31-11-7-8-12-32(31)35-14-9-15-36(41-35)37-21-20-28-18-19-30(24-38(28)42-37)29-17-16-27(5)34(23-29)33-13-10-22-40-39(33)25(2)3;1-6-4-2-3-5-7-6/h7-25,41H,6H2,1-5H3;2-5H,1H3/b31-26?,35-32-;. The molecule has 0 spiro atoms. The van der Waals surface area contributed by atoms with Crippen LogP contribution in [0.3, 0.4) is 0 Å². The van der Waals surface area contributed by atoms with Gasteiger partial charge in [0.1, 0.15) is 0 Å². The van der Waals surface area contributed by atoms with Gasteiger partial charge in [0.15, 0.2) is 0 Å². The van der Waals surface area contributed by atoms with E-state index in [1.54, 1.807) is 6.20 Å². The minimum Gasteiger partial charge on any atom is -0.353 e. The molecule has 49 heavy (non-hydrogen) atoms. The molecule has 1 aliphatic rings. The second kappa shape index (κ2) is 15.1. The molecule has 4 nitrogen and oxygen atoms in total. The number of hydrogen-bond acceptors (Lipinski definition) is 4. The van der Waals surface area contributed by atoms with E-state index in [0.29, 0.717) is 5.92 Å². The lowest BCUT2D eigenvalue weighted by Gasteiger charge is -2.16. The number of nitrogens with zero attached hydrogens (tertiary/aromatic N) is 3. The number of aromatic nitrogens is 3. The summed E-state index contributed by atoms with van der Waals surface area (Å²) in [5.41, 5.74) is 13.6. The maximum Gasteiger partial charge on any atom is 0.0872 e. The van der Waals surface area contributed by atoms with Gasteiger partial charge in [-0.3, -0.25) is 9.97 Å². The van der Waals surface area contributed by atoms with Gasteiger partial charge in [-0.15, -0.1) is 0 Å². The summed E-state index contributed by atoms with van der Waals surface area (Å²) in [6.45, 7) is 13.0. The van der Waals surface area contributed by atoms with Gasteiger partial charge < -0.3 is 5.32 Å². The summed E-state index contributed by atoms with van der Waals surface area (Å²) in [5.74, 6) is 0.352. The van der Waals surface area contributed by atoms with Crippen LogP contribution in [0.25, 0.3) is 50.1 Å². The maximum atomic E-state index is 5.13. The highest BCUT2D eigenvalue weighted by atomic mass is 14.9. The van der Waals surface area contributed by atoms with Crippen molar-refractivity contribution in [3.63, 3.8) is 0 Å². The van der Waals surface area contributed by atoms with E-state index in [-0.39, 0.29) is 0 Å². The molecule has 244 valence electrons. The van der Waals surface area contributed by atoms with Gasteiger partial charge in [0.25, 0.3) is 0 Å². The molecule has 4 heteroatoms. The lowest BCUT2D eigenvalue weighted by molar-refractivity contribution is 0.825. The summed E-state index contributed by atoms with van der Waals surface area (Å²) in [5, 5.41) is 7.30. The zero-order valence-electron chi connectivity index (χ0n) is 29.3. The Morgan fingerprint density at radius 3 is 2.27 bits per heavy atom. The van der Waals surface area contributed by atoms with Crippen LogP contribution in [0, 0.1) is 13.8 Å². The third kappa shape index (κ3) is 7.60. The molecule has 0 saturated heterocycles. The second-order valence-corrected chi connectivity index (χ2v) is 12.9. The second-order valence-electron chi connectivity index (χ2n) is 12.9. The van der Waals surface area contributed by atoms with Crippen LogP contribution >= 0.6 is 0 Å². The molecule has 3 aromatic carbocycles. The fourth-order valence-corrected chi connectivity index (χ4v) is 6.15. The lowest BCUT2D eigenvalue weighted by atomic mass is 9.91. The quantitative estimate of drug-likeness (QED) is 0.204. The van der Waals surface area contributed by atoms with E-state index >= 15 is 0 Å². The molecule has 0 amide bonds. The van der Waals surface area contributed by atoms with E-state index in [2.05, 4.69) is 142 Å². The first-order valence-electron chi connectivity index (χ1n) is 17.1. The Kier molecular flexibility index (Phi) is 10.2. The normalized spacial score (nSPS) is 14.1. The number of dihydropyridines is 1. The van der Waals surface area contributed by atoms with Crippen molar-refractivity contribution in [2.45, 2.75) is 53.9 Å². The van der Waals surface area contributed by atoms with Gasteiger partial charge in [0, 0.05) is 40.0 Å². The predicted octanol–water partition coefficient (Wildman–Crippen LogP) is 9.67. The third-order valence-corrected chi connectivity index (χ3v) is 9.03. The number of fused-ring (bicyclic) bond motifs is 1. The Bertz CT molecular complexity index is 2300. The molecule has 3 aromatic heterocycles. The van der Waals surface area contributed by atoms with Gasteiger partial charge in [0.2, 0.25) is 0 Å². The van der Waals surface area contributed by atoms with Crippen molar-refractivity contribution in [2.24, 2.45) is 0 Å². The highest BCUT2D eigenvalue weighted by Gasteiger charge is 2.14. The van der Waals surface area contributed by atoms with Crippen LogP contribution in [0.2, 0.25) is 0 Å². The van der Waals surface area contributed by atoms with Crippen LogP contribution in [0.5, 0.6) is 0 Å². The number of rotatable bonds is 5. The monoisotopic (exact) mass is 640 g/mol. The maximum absolute atomic E-state index is 5.13. The largest absolute Gasteiger partial charge is 0.353 e. The van der Waals surface area contributed by atoms with Crippen molar-refractivity contribution in [1.29, 1.82) is 0 Å². The number of hydrogen-bond donors (Lipinski definition) is 1. The molecule has 0 bridgehead atoms. The van der Waals surface area contributed by atoms with Crippen molar-refractivity contribution in [1.82, 2.24) is 20.3 Å². The van der Waals surface area contributed by atoms with Gasteiger partial charge in [-0.1, -0.05) is 99.2 Å². The zero-order valence-corrected chi connectivity index (χ0v) is 29.3. The van der Waals surface area contributed by atoms with E-state index in [9.17, 15) is 0 Å². The molecule has 1 N–H and O–H groups in total. The molecule has 0 fully saturated rings. The van der Waals surface area contributed by atoms with Crippen LogP contribution in [0.4, 0.5) is 0 Å². The summed E-state index contributed by atoms with van der Waals surface area (Å²) >= 11 is 0. The fourth-order valence-electron chi connectivity index (χ4n) is 6.15. The number of allylic oxidation sites excluding steroid dienone is 2. The van der Waals surface area contributed by atoms with Gasteiger partial charge in [-0.05, 0) is 109 Å². The van der Waals surface area contributed by atoms with Crippen molar-refractivity contribution in [2.75, 3.05) is 0 Å². The van der Waals surface area contributed by atoms with Crippen LogP contribution in [-0.4, -0.2) is 15.0 Å². The Hall–Kier alpha value is -5.61. The SMILES string of the molecule is CCC(C)=c1cccc/c1=C1\C=CC=C(c2ccc3ccc(-c4ccc(C)c(-c5cccnc5C(C)C)c4)cc3n2)N1.Cc1ccccn1. The molecule has 0 unspecified atom stereocenters. The Balaban J connectivity index is 0.000000531. The molecule has 0 aliphatic carbocycles. The summed E-state index contributed by atoms with van der Waals surface area (Å²) in [7, 11) is 0. The van der Waals surface area contributed by atoms with E-state index in [0.717, 1.165) is 51.4 Å². The molecule has 0 radical (unpaired) electrons. The number of nitrogens with one attached hydrogen (secondary N) is 1. The van der Waals surface area contributed by atoms with Crippen LogP contribution in [-0.2, 0) is 0 Å². The first-order valence-corrected chi connectivity index (χ1v) is 17.1. The van der Waals surface area contributed by atoms with Gasteiger partial charge in [-0.25, -0.2) is 4.98 Å². The Morgan fingerprint density at radius 2 is 1.51 bits per heavy atom. The van der Waals surface area contributed by atoms with E-state index < -0.39 is 0 Å². The zero-order chi connectivity index (χ0) is 34.3. The van der Waals surface area contributed by atoms with Gasteiger partial charge >= 0.3 is 0 Å². The summed E-state index contributed by atoms with van der Waals surface area (Å²) < 4.78 is 0. The molecule has 4 heterocycles. The third-order valence-electron chi connectivity index (χ3n) is 9.03. The smallest absolute Gasteiger partial charge is 0.0872 e. The van der Waals surface area contributed by atoms with Gasteiger partial charge in [-0.2, -0.15) is 0 Å². The molecule has 0 saturated carbocycles. The fraction of sp³-hybridized carbons (Fsp3) is 0.178. The first kappa shape index (κ1) is 33.3. The summed E-state index contributed by atoms with van der Waals surface area (Å²) in [6.07, 6.45) is 11.1. The van der Waals surface area contributed by atoms with E-state index in [4.69, 9.17) is 9.97 Å². The molecule has 0 atom stereocenters. The minimum atomic E-state index is 0.352. The summed E-state index contributed by atoms with van der Waals surface area (Å²) in [6, 6.07) is 36.2. The van der Waals surface area contributed by atoms with E-state index in [1.165, 1.54) is 38.3 Å². The number of aryl methyl sites for hydroxylation is 2. The van der Waals surface area contributed by atoms with E-state index in [1.807, 2.05) is 37.4 Å². The predicted molar refractivity (Wildman–Crippen MR) is 207 cm³/mol. The summed E-state index contributed by atoms with van der Waals surface area (Å²) in [4.78, 5) is 13.8. The molecule has 6 aromatic rings. The van der Waals surface area contributed by atoms with Crippen molar-refractivity contribution < 1.29 is 0 Å². The van der Waals surface area contributed by atoms with Gasteiger partial charge in [0.05, 0.1) is 22.6 Å². The number of benzene rings is 3. The average Bonchev–Trinajstić information content (AvgIpc) is 3.15. The van der Waals surface area contributed by atoms with Crippen LogP contribution in [0.1, 0.15) is 62.7 Å².